The SMILES string of the molecule is O=C(Nc1ccc(F)cc1)C(Br)Br. The summed E-state index contributed by atoms with van der Waals surface area (Å²) in [5.74, 6) is -0.557. The van der Waals surface area contributed by atoms with Crippen LogP contribution in [0.5, 0.6) is 0 Å². The first kappa shape index (κ1) is 10.7. The molecule has 13 heavy (non-hydrogen) atoms. The highest BCUT2D eigenvalue weighted by atomic mass is 79.9. The summed E-state index contributed by atoms with van der Waals surface area (Å²) in [7, 11) is 0. The lowest BCUT2D eigenvalue weighted by Gasteiger charge is -2.04. The van der Waals surface area contributed by atoms with Gasteiger partial charge in [-0.25, -0.2) is 4.39 Å². The van der Waals surface area contributed by atoms with E-state index in [0.717, 1.165) is 0 Å². The maximum atomic E-state index is 12.5. The number of carbonyl (C=O) groups excluding carboxylic acids is 1. The van der Waals surface area contributed by atoms with Gasteiger partial charge in [0, 0.05) is 5.69 Å². The number of nitrogens with one attached hydrogen (secondary N) is 1. The fourth-order valence-corrected chi connectivity index (χ4v) is 0.959. The van der Waals surface area contributed by atoms with Gasteiger partial charge in [0.15, 0.2) is 0 Å². The summed E-state index contributed by atoms with van der Waals surface area (Å²) in [6.07, 6.45) is 0. The van der Waals surface area contributed by atoms with Crippen LogP contribution >= 0.6 is 31.9 Å². The molecular weight excluding hydrogens is 305 g/mol. The standard InChI is InChI=1S/C8H6Br2FNO/c9-7(10)8(13)12-6-3-1-5(11)2-4-6/h1-4,7H,(H,12,13). The molecule has 5 heteroatoms. The van der Waals surface area contributed by atoms with Crippen LogP contribution in [-0.2, 0) is 4.79 Å². The largest absolute Gasteiger partial charge is 0.324 e. The quantitative estimate of drug-likeness (QED) is 0.836. The van der Waals surface area contributed by atoms with Crippen molar-refractivity contribution in [3.05, 3.63) is 30.1 Å². The molecule has 1 aromatic carbocycles. The average Bonchev–Trinajstić information content (AvgIpc) is 2.08. The van der Waals surface area contributed by atoms with Crippen molar-refractivity contribution in [2.24, 2.45) is 0 Å². The maximum Gasteiger partial charge on any atom is 0.248 e. The van der Waals surface area contributed by atoms with Gasteiger partial charge >= 0.3 is 0 Å². The van der Waals surface area contributed by atoms with Crippen molar-refractivity contribution >= 4 is 43.5 Å². The predicted octanol–water partition coefficient (Wildman–Crippen LogP) is 2.88. The Morgan fingerprint density at radius 3 is 2.31 bits per heavy atom. The monoisotopic (exact) mass is 309 g/mol. The maximum absolute atomic E-state index is 12.5. The van der Waals surface area contributed by atoms with E-state index in [0.29, 0.717) is 5.69 Å². The van der Waals surface area contributed by atoms with E-state index in [-0.39, 0.29) is 11.7 Å². The number of hydrogen-bond acceptors (Lipinski definition) is 1. The molecule has 1 rings (SSSR count). The van der Waals surface area contributed by atoms with Crippen LogP contribution in [0.25, 0.3) is 0 Å². The topological polar surface area (TPSA) is 29.1 Å². The van der Waals surface area contributed by atoms with Gasteiger partial charge in [-0.1, -0.05) is 31.9 Å². The molecular formula is C8H6Br2FNO. The third-order valence-electron chi connectivity index (χ3n) is 1.31. The number of carbonyl (C=O) groups is 1. The molecule has 1 aromatic rings. The van der Waals surface area contributed by atoms with Crippen LogP contribution < -0.4 is 5.32 Å². The molecule has 0 saturated carbocycles. The molecule has 0 fully saturated rings. The van der Waals surface area contributed by atoms with Crippen molar-refractivity contribution in [3.8, 4) is 0 Å². The van der Waals surface area contributed by atoms with Gasteiger partial charge in [-0.05, 0) is 24.3 Å². The summed E-state index contributed by atoms with van der Waals surface area (Å²) in [5, 5.41) is 2.57. The molecule has 0 aliphatic heterocycles. The van der Waals surface area contributed by atoms with Crippen LogP contribution in [0.3, 0.4) is 0 Å². The van der Waals surface area contributed by atoms with Crippen LogP contribution in [0.15, 0.2) is 24.3 Å². The van der Waals surface area contributed by atoms with Gasteiger partial charge in [0.2, 0.25) is 5.91 Å². The highest BCUT2D eigenvalue weighted by Gasteiger charge is 2.09. The fourth-order valence-electron chi connectivity index (χ4n) is 0.730. The van der Waals surface area contributed by atoms with Crippen molar-refractivity contribution in [2.75, 3.05) is 5.32 Å². The number of anilines is 1. The Labute approximate surface area is 91.8 Å². The van der Waals surface area contributed by atoms with Crippen LogP contribution in [0.2, 0.25) is 0 Å². The molecule has 2 nitrogen and oxygen atoms in total. The van der Waals surface area contributed by atoms with Crippen molar-refractivity contribution in [2.45, 2.75) is 3.74 Å². The van der Waals surface area contributed by atoms with Gasteiger partial charge in [0.25, 0.3) is 0 Å². The lowest BCUT2D eigenvalue weighted by molar-refractivity contribution is -0.114. The first-order valence-electron chi connectivity index (χ1n) is 3.44. The molecule has 1 N–H and O–H groups in total. The Bertz CT molecular complexity index is 300. The second kappa shape index (κ2) is 4.72. The minimum Gasteiger partial charge on any atom is -0.324 e. The van der Waals surface area contributed by atoms with Crippen LogP contribution in [0.4, 0.5) is 10.1 Å². The Hall–Kier alpha value is -0.420. The van der Waals surface area contributed by atoms with E-state index in [1.807, 2.05) is 0 Å². The van der Waals surface area contributed by atoms with E-state index in [2.05, 4.69) is 37.2 Å². The second-order valence-corrected chi connectivity index (χ2v) is 5.36. The smallest absolute Gasteiger partial charge is 0.248 e. The zero-order valence-corrected chi connectivity index (χ0v) is 9.60. The first-order valence-corrected chi connectivity index (χ1v) is 5.27. The summed E-state index contributed by atoms with van der Waals surface area (Å²) in [4.78, 5) is 11.1. The molecule has 0 saturated heterocycles. The third-order valence-corrected chi connectivity index (χ3v) is 2.14. The van der Waals surface area contributed by atoms with Crippen LogP contribution in [-0.4, -0.2) is 9.64 Å². The third kappa shape index (κ3) is 3.44. The molecule has 0 spiro atoms. The molecule has 0 radical (unpaired) electrons. The van der Waals surface area contributed by atoms with Gasteiger partial charge in [0.1, 0.15) is 9.55 Å². The van der Waals surface area contributed by atoms with Crippen molar-refractivity contribution in [1.29, 1.82) is 0 Å². The minimum absolute atomic E-state index is 0.230. The zero-order chi connectivity index (χ0) is 9.84. The van der Waals surface area contributed by atoms with Crippen LogP contribution in [0, 0.1) is 5.82 Å². The minimum atomic E-state index is -0.440. The molecule has 0 aromatic heterocycles. The molecule has 0 unspecified atom stereocenters. The lowest BCUT2D eigenvalue weighted by atomic mass is 10.3. The zero-order valence-electron chi connectivity index (χ0n) is 6.43. The number of alkyl halides is 2. The fraction of sp³-hybridized carbons (Fsp3) is 0.125. The average molecular weight is 311 g/mol. The van der Waals surface area contributed by atoms with E-state index in [1.54, 1.807) is 0 Å². The Balaban J connectivity index is 2.65. The number of hydrogen-bond donors (Lipinski definition) is 1. The second-order valence-electron chi connectivity index (χ2n) is 2.30. The van der Waals surface area contributed by atoms with Crippen molar-refractivity contribution in [3.63, 3.8) is 0 Å². The van der Waals surface area contributed by atoms with Gasteiger partial charge in [-0.15, -0.1) is 0 Å². The molecule has 0 bridgehead atoms. The molecule has 0 heterocycles. The first-order chi connectivity index (χ1) is 6.09. The highest BCUT2D eigenvalue weighted by Crippen LogP contribution is 2.13. The summed E-state index contributed by atoms with van der Waals surface area (Å²) in [6, 6.07) is 5.56. The van der Waals surface area contributed by atoms with Gasteiger partial charge in [0.05, 0.1) is 0 Å². The molecule has 1 amide bonds. The van der Waals surface area contributed by atoms with Gasteiger partial charge in [-0.2, -0.15) is 0 Å². The number of rotatable bonds is 2. The van der Waals surface area contributed by atoms with E-state index in [9.17, 15) is 9.18 Å². The number of benzene rings is 1. The summed E-state index contributed by atoms with van der Waals surface area (Å²) in [5.41, 5.74) is 0.565. The summed E-state index contributed by atoms with van der Waals surface area (Å²) < 4.78 is 12.0. The van der Waals surface area contributed by atoms with E-state index in [4.69, 9.17) is 0 Å². The van der Waals surface area contributed by atoms with Crippen molar-refractivity contribution in [1.82, 2.24) is 0 Å². The number of amides is 1. The Morgan fingerprint density at radius 2 is 1.85 bits per heavy atom. The Morgan fingerprint density at radius 1 is 1.31 bits per heavy atom. The normalized spacial score (nSPS) is 10.2. The van der Waals surface area contributed by atoms with Gasteiger partial charge in [-0.3, -0.25) is 4.79 Å². The highest BCUT2D eigenvalue weighted by molar-refractivity contribution is 9.25. The summed E-state index contributed by atoms with van der Waals surface area (Å²) in [6.45, 7) is 0. The van der Waals surface area contributed by atoms with Gasteiger partial charge < -0.3 is 5.32 Å². The molecule has 0 atom stereocenters. The van der Waals surface area contributed by atoms with E-state index in [1.165, 1.54) is 24.3 Å². The predicted molar refractivity (Wildman–Crippen MR) is 56.7 cm³/mol. The van der Waals surface area contributed by atoms with E-state index < -0.39 is 3.74 Å². The summed E-state index contributed by atoms with van der Waals surface area (Å²) >= 11 is 6.08. The molecule has 0 aliphatic carbocycles. The molecule has 0 aliphatic rings. The lowest BCUT2D eigenvalue weighted by Crippen LogP contribution is -2.17. The van der Waals surface area contributed by atoms with Crippen LogP contribution in [0.1, 0.15) is 0 Å². The Kier molecular flexibility index (Phi) is 3.87. The number of halogens is 3. The molecule has 70 valence electrons. The van der Waals surface area contributed by atoms with E-state index >= 15 is 0 Å². The van der Waals surface area contributed by atoms with Crippen molar-refractivity contribution < 1.29 is 9.18 Å².